The first-order chi connectivity index (χ1) is 9.69. The van der Waals surface area contributed by atoms with Crippen molar-refractivity contribution >= 4 is 49.5 Å². The molecule has 0 aliphatic rings. The fourth-order valence-electron chi connectivity index (χ4n) is 1.95. The number of nitrogens with zero attached hydrogens (tertiary/aromatic N) is 2. The predicted octanol–water partition coefficient (Wildman–Crippen LogP) is 4.43. The standard InChI is InChI=1S/C13H11BrClN3OS/c1-19-12-11(18-4-5-20-13(18)17-12)7-16-10-6-8(15)2-3-9(10)14/h2-6,16H,7H2,1H3. The summed E-state index contributed by atoms with van der Waals surface area (Å²) in [7, 11) is 1.63. The molecule has 0 aliphatic heterocycles. The first-order valence-electron chi connectivity index (χ1n) is 5.86. The Balaban J connectivity index is 1.89. The lowest BCUT2D eigenvalue weighted by molar-refractivity contribution is 0.395. The average Bonchev–Trinajstić information content (AvgIpc) is 3.00. The number of fused-ring (bicyclic) bond motifs is 1. The molecule has 1 aromatic carbocycles. The first-order valence-corrected chi connectivity index (χ1v) is 7.91. The van der Waals surface area contributed by atoms with E-state index < -0.39 is 0 Å². The molecule has 2 heterocycles. The van der Waals surface area contributed by atoms with Gasteiger partial charge in [0.2, 0.25) is 5.88 Å². The number of halogens is 2. The third-order valence-electron chi connectivity index (χ3n) is 2.89. The smallest absolute Gasteiger partial charge is 0.238 e. The Hall–Kier alpha value is -1.24. The zero-order chi connectivity index (χ0) is 14.1. The summed E-state index contributed by atoms with van der Waals surface area (Å²) in [6.07, 6.45) is 1.99. The zero-order valence-electron chi connectivity index (χ0n) is 10.6. The van der Waals surface area contributed by atoms with Gasteiger partial charge in [-0.15, -0.1) is 11.3 Å². The lowest BCUT2D eigenvalue weighted by Gasteiger charge is -2.09. The minimum Gasteiger partial charge on any atom is -0.480 e. The molecule has 4 nitrogen and oxygen atoms in total. The summed E-state index contributed by atoms with van der Waals surface area (Å²) in [4.78, 5) is 5.35. The number of aromatic nitrogens is 2. The Morgan fingerprint density at radius 3 is 3.15 bits per heavy atom. The van der Waals surface area contributed by atoms with Crippen LogP contribution >= 0.6 is 38.9 Å². The summed E-state index contributed by atoms with van der Waals surface area (Å²) in [6.45, 7) is 0.597. The average molecular weight is 373 g/mol. The minimum absolute atomic E-state index is 0.597. The number of ether oxygens (including phenoxy) is 1. The molecule has 3 rings (SSSR count). The van der Waals surface area contributed by atoms with Crippen LogP contribution in [0, 0.1) is 0 Å². The Morgan fingerprint density at radius 2 is 2.35 bits per heavy atom. The van der Waals surface area contributed by atoms with Gasteiger partial charge in [-0.3, -0.25) is 4.40 Å². The molecular weight excluding hydrogens is 362 g/mol. The number of thiazole rings is 1. The topological polar surface area (TPSA) is 38.6 Å². The van der Waals surface area contributed by atoms with Gasteiger partial charge in [0, 0.05) is 21.1 Å². The van der Waals surface area contributed by atoms with Gasteiger partial charge in [-0.1, -0.05) is 11.6 Å². The van der Waals surface area contributed by atoms with Gasteiger partial charge < -0.3 is 10.1 Å². The highest BCUT2D eigenvalue weighted by Gasteiger charge is 2.13. The van der Waals surface area contributed by atoms with Crippen molar-refractivity contribution in [2.45, 2.75) is 6.54 Å². The molecule has 2 aromatic heterocycles. The van der Waals surface area contributed by atoms with Crippen LogP contribution in [-0.2, 0) is 6.54 Å². The second-order valence-corrected chi connectivity index (χ2v) is 6.26. The van der Waals surface area contributed by atoms with Crippen molar-refractivity contribution in [1.29, 1.82) is 0 Å². The molecule has 104 valence electrons. The largest absolute Gasteiger partial charge is 0.480 e. The lowest BCUT2D eigenvalue weighted by atomic mass is 10.3. The molecule has 0 amide bonds. The zero-order valence-corrected chi connectivity index (χ0v) is 13.7. The van der Waals surface area contributed by atoms with Crippen LogP contribution in [0.1, 0.15) is 5.69 Å². The summed E-state index contributed by atoms with van der Waals surface area (Å²) in [5, 5.41) is 6.04. The van der Waals surface area contributed by atoms with E-state index in [0.29, 0.717) is 17.4 Å². The fourth-order valence-corrected chi connectivity index (χ4v) is 3.23. The van der Waals surface area contributed by atoms with Crippen LogP contribution in [0.2, 0.25) is 5.02 Å². The molecule has 0 radical (unpaired) electrons. The Morgan fingerprint density at radius 1 is 1.50 bits per heavy atom. The third-order valence-corrected chi connectivity index (χ3v) is 4.58. The van der Waals surface area contributed by atoms with Gasteiger partial charge in [0.15, 0.2) is 4.96 Å². The van der Waals surface area contributed by atoms with Gasteiger partial charge >= 0.3 is 0 Å². The van der Waals surface area contributed by atoms with E-state index in [1.807, 2.05) is 34.2 Å². The maximum Gasteiger partial charge on any atom is 0.238 e. The molecule has 1 N–H and O–H groups in total. The van der Waals surface area contributed by atoms with Crippen LogP contribution < -0.4 is 10.1 Å². The third kappa shape index (κ3) is 2.51. The minimum atomic E-state index is 0.597. The molecule has 0 fully saturated rings. The van der Waals surface area contributed by atoms with Crippen LogP contribution in [0.4, 0.5) is 5.69 Å². The highest BCUT2D eigenvalue weighted by Crippen LogP contribution is 2.28. The summed E-state index contributed by atoms with van der Waals surface area (Å²) >= 11 is 11.1. The van der Waals surface area contributed by atoms with Crippen molar-refractivity contribution in [3.63, 3.8) is 0 Å². The normalized spacial score (nSPS) is 10.9. The lowest BCUT2D eigenvalue weighted by Crippen LogP contribution is -2.04. The number of nitrogens with one attached hydrogen (secondary N) is 1. The van der Waals surface area contributed by atoms with Crippen LogP contribution in [0.25, 0.3) is 4.96 Å². The van der Waals surface area contributed by atoms with Gasteiger partial charge in [-0.2, -0.15) is 4.98 Å². The van der Waals surface area contributed by atoms with E-state index in [-0.39, 0.29) is 0 Å². The van der Waals surface area contributed by atoms with Crippen LogP contribution in [0.3, 0.4) is 0 Å². The van der Waals surface area contributed by atoms with Gasteiger partial charge in [0.1, 0.15) is 5.69 Å². The molecule has 0 bridgehead atoms. The van der Waals surface area contributed by atoms with Crippen LogP contribution in [0.5, 0.6) is 5.88 Å². The van der Waals surface area contributed by atoms with E-state index >= 15 is 0 Å². The van der Waals surface area contributed by atoms with Gasteiger partial charge in [0.25, 0.3) is 0 Å². The SMILES string of the molecule is COc1nc2sccn2c1CNc1cc(Cl)ccc1Br. The Kier molecular flexibility index (Phi) is 3.87. The molecule has 0 atom stereocenters. The van der Waals surface area contributed by atoms with E-state index in [2.05, 4.69) is 26.2 Å². The van der Waals surface area contributed by atoms with Crippen molar-refractivity contribution in [2.24, 2.45) is 0 Å². The van der Waals surface area contributed by atoms with Crippen molar-refractivity contribution in [3.05, 3.63) is 45.0 Å². The van der Waals surface area contributed by atoms with Gasteiger partial charge in [-0.05, 0) is 34.1 Å². The molecule has 0 unspecified atom stereocenters. The number of anilines is 1. The van der Waals surface area contributed by atoms with Crippen LogP contribution in [-0.4, -0.2) is 16.5 Å². The van der Waals surface area contributed by atoms with E-state index in [1.54, 1.807) is 18.4 Å². The fraction of sp³-hybridized carbons (Fsp3) is 0.154. The van der Waals surface area contributed by atoms with Gasteiger partial charge in [0.05, 0.1) is 19.3 Å². The molecule has 7 heteroatoms. The monoisotopic (exact) mass is 371 g/mol. The molecular formula is C13H11BrClN3OS. The number of hydrogen-bond acceptors (Lipinski definition) is 4. The number of benzene rings is 1. The number of imidazole rings is 1. The highest BCUT2D eigenvalue weighted by atomic mass is 79.9. The summed E-state index contributed by atoms with van der Waals surface area (Å²) in [5.41, 5.74) is 1.92. The first kappa shape index (κ1) is 13.7. The number of hydrogen-bond donors (Lipinski definition) is 1. The van der Waals surface area contributed by atoms with Crippen molar-refractivity contribution < 1.29 is 4.74 Å². The molecule has 3 aromatic rings. The molecule has 0 aliphatic carbocycles. The van der Waals surface area contributed by atoms with Crippen molar-refractivity contribution in [3.8, 4) is 5.88 Å². The van der Waals surface area contributed by atoms with E-state index in [1.165, 1.54) is 0 Å². The molecule has 0 saturated carbocycles. The quantitative estimate of drug-likeness (QED) is 0.736. The predicted molar refractivity (Wildman–Crippen MR) is 86.1 cm³/mol. The molecule has 0 spiro atoms. The second-order valence-electron chi connectivity index (χ2n) is 4.10. The van der Waals surface area contributed by atoms with Crippen molar-refractivity contribution in [1.82, 2.24) is 9.38 Å². The van der Waals surface area contributed by atoms with Crippen LogP contribution in [0.15, 0.2) is 34.2 Å². The summed E-state index contributed by atoms with van der Waals surface area (Å²) in [6, 6.07) is 5.63. The second kappa shape index (κ2) is 5.63. The number of rotatable bonds is 4. The molecule has 20 heavy (non-hydrogen) atoms. The van der Waals surface area contributed by atoms with Gasteiger partial charge in [-0.25, -0.2) is 0 Å². The Labute approximate surface area is 133 Å². The Bertz CT molecular complexity index is 755. The van der Waals surface area contributed by atoms with E-state index in [4.69, 9.17) is 16.3 Å². The maximum absolute atomic E-state index is 6.01. The van der Waals surface area contributed by atoms with E-state index in [9.17, 15) is 0 Å². The summed E-state index contributed by atoms with van der Waals surface area (Å²) < 4.78 is 8.32. The number of methoxy groups -OCH3 is 1. The van der Waals surface area contributed by atoms with E-state index in [0.717, 1.165) is 20.8 Å². The summed E-state index contributed by atoms with van der Waals surface area (Å²) in [5.74, 6) is 0.641. The highest BCUT2D eigenvalue weighted by molar-refractivity contribution is 9.10. The maximum atomic E-state index is 6.01. The molecule has 0 saturated heterocycles. The van der Waals surface area contributed by atoms with Crippen molar-refractivity contribution in [2.75, 3.05) is 12.4 Å².